The molecule has 3 atom stereocenters. The quantitative estimate of drug-likeness (QED) is 0.840. The summed E-state index contributed by atoms with van der Waals surface area (Å²) in [6.07, 6.45) is 7.92. The Bertz CT molecular complexity index is 730. The Kier molecular flexibility index (Phi) is 5.14. The third kappa shape index (κ3) is 3.58. The van der Waals surface area contributed by atoms with Crippen molar-refractivity contribution in [2.45, 2.75) is 63.5 Å². The van der Waals surface area contributed by atoms with Crippen LogP contribution < -0.4 is 11.3 Å². The van der Waals surface area contributed by atoms with Gasteiger partial charge in [0.1, 0.15) is 0 Å². The predicted octanol–water partition coefficient (Wildman–Crippen LogP) is 1.61. The van der Waals surface area contributed by atoms with Crippen LogP contribution in [0.3, 0.4) is 0 Å². The molecule has 0 spiro atoms. The van der Waals surface area contributed by atoms with Crippen LogP contribution >= 0.6 is 0 Å². The number of nitrogens with one attached hydrogen (secondary N) is 1. The van der Waals surface area contributed by atoms with E-state index in [1.807, 2.05) is 4.90 Å². The van der Waals surface area contributed by atoms with Gasteiger partial charge in [0.05, 0.1) is 6.10 Å². The summed E-state index contributed by atoms with van der Waals surface area (Å²) < 4.78 is 5.96. The van der Waals surface area contributed by atoms with Crippen LogP contribution in [0.25, 0.3) is 0 Å². The summed E-state index contributed by atoms with van der Waals surface area (Å²) in [6.45, 7) is 2.19. The van der Waals surface area contributed by atoms with E-state index >= 15 is 0 Å². The number of rotatable bonds is 2. The lowest BCUT2D eigenvalue weighted by atomic mass is 9.86. The first kappa shape index (κ1) is 17.7. The van der Waals surface area contributed by atoms with Gasteiger partial charge in [-0.25, -0.2) is 0 Å². The number of fused-ring (bicyclic) bond motifs is 1. The number of H-pyrrole nitrogens is 1. The van der Waals surface area contributed by atoms with Crippen LogP contribution in [0.2, 0.25) is 0 Å². The van der Waals surface area contributed by atoms with E-state index in [4.69, 9.17) is 10.5 Å². The third-order valence-corrected chi connectivity index (χ3v) is 6.20. The minimum atomic E-state index is -0.163. The highest BCUT2D eigenvalue weighted by molar-refractivity contribution is 5.96. The van der Waals surface area contributed by atoms with Gasteiger partial charge in [-0.15, -0.1) is 0 Å². The van der Waals surface area contributed by atoms with Crippen LogP contribution in [-0.2, 0) is 17.6 Å². The normalized spacial score (nSPS) is 29.3. The number of nitrogens with two attached hydrogens (primary N) is 1. The van der Waals surface area contributed by atoms with Crippen molar-refractivity contribution in [2.75, 3.05) is 19.7 Å². The van der Waals surface area contributed by atoms with Crippen molar-refractivity contribution in [1.29, 1.82) is 0 Å². The van der Waals surface area contributed by atoms with Gasteiger partial charge < -0.3 is 20.4 Å². The summed E-state index contributed by atoms with van der Waals surface area (Å²) in [4.78, 5) is 30.1. The van der Waals surface area contributed by atoms with Gasteiger partial charge in [0.2, 0.25) is 5.56 Å². The Morgan fingerprint density at radius 3 is 2.92 bits per heavy atom. The average Bonchev–Trinajstić information content (AvgIpc) is 2.67. The number of nitrogens with zero attached hydrogens (tertiary/aromatic N) is 1. The Labute approximate surface area is 154 Å². The molecular weight excluding hydrogens is 330 g/mol. The second-order valence-corrected chi connectivity index (χ2v) is 8.06. The molecule has 2 aliphatic heterocycles. The van der Waals surface area contributed by atoms with Crippen molar-refractivity contribution < 1.29 is 9.53 Å². The topological polar surface area (TPSA) is 88.4 Å². The molecule has 26 heavy (non-hydrogen) atoms. The molecule has 3 unspecified atom stereocenters. The minimum absolute atomic E-state index is 0.0130. The maximum atomic E-state index is 13.2. The number of aryl methyl sites for hydroxylation is 1. The van der Waals surface area contributed by atoms with E-state index < -0.39 is 0 Å². The smallest absolute Gasteiger partial charge is 0.254 e. The van der Waals surface area contributed by atoms with E-state index in [1.54, 1.807) is 0 Å². The zero-order valence-electron chi connectivity index (χ0n) is 15.3. The van der Waals surface area contributed by atoms with Crippen molar-refractivity contribution in [3.8, 4) is 0 Å². The molecule has 1 amide bonds. The molecule has 3 heterocycles. The second kappa shape index (κ2) is 7.53. The zero-order valence-corrected chi connectivity index (χ0v) is 15.3. The predicted molar refractivity (Wildman–Crippen MR) is 99.3 cm³/mol. The number of amides is 1. The molecule has 1 aliphatic carbocycles. The van der Waals surface area contributed by atoms with E-state index in [2.05, 4.69) is 4.98 Å². The maximum absolute atomic E-state index is 13.2. The van der Waals surface area contributed by atoms with Gasteiger partial charge in [0.15, 0.2) is 0 Å². The van der Waals surface area contributed by atoms with Crippen molar-refractivity contribution in [2.24, 2.45) is 11.7 Å². The van der Waals surface area contributed by atoms with Crippen molar-refractivity contribution in [3.05, 3.63) is 33.2 Å². The maximum Gasteiger partial charge on any atom is 0.254 e. The first-order valence-electron chi connectivity index (χ1n) is 10.0. The molecule has 0 aromatic carbocycles. The van der Waals surface area contributed by atoms with Crippen LogP contribution in [0.4, 0.5) is 0 Å². The SMILES string of the molecule is NC1CCOC(C2CCCN(C(=O)c3cc(=O)[nH]c4c3CCCC4)C2)C1. The number of piperidine rings is 1. The molecule has 142 valence electrons. The first-order valence-corrected chi connectivity index (χ1v) is 10.0. The number of carbonyl (C=O) groups excluding carboxylic acids is 1. The molecule has 1 aromatic rings. The van der Waals surface area contributed by atoms with Crippen LogP contribution in [0.1, 0.15) is 60.1 Å². The number of pyridine rings is 1. The first-order chi connectivity index (χ1) is 12.6. The zero-order chi connectivity index (χ0) is 18.1. The van der Waals surface area contributed by atoms with E-state index in [1.165, 1.54) is 6.07 Å². The lowest BCUT2D eigenvalue weighted by Crippen LogP contribution is -2.47. The summed E-state index contributed by atoms with van der Waals surface area (Å²) in [5, 5.41) is 0. The van der Waals surface area contributed by atoms with Gasteiger partial charge in [0.25, 0.3) is 5.91 Å². The Hall–Kier alpha value is -1.66. The van der Waals surface area contributed by atoms with Crippen molar-refractivity contribution in [3.63, 3.8) is 0 Å². The molecule has 0 bridgehead atoms. The number of aromatic amines is 1. The Morgan fingerprint density at radius 2 is 2.08 bits per heavy atom. The molecule has 2 fully saturated rings. The van der Waals surface area contributed by atoms with Gasteiger partial charge in [-0.2, -0.15) is 0 Å². The molecule has 1 aromatic heterocycles. The molecule has 2 saturated heterocycles. The number of aromatic nitrogens is 1. The summed E-state index contributed by atoms with van der Waals surface area (Å²) in [7, 11) is 0. The van der Waals surface area contributed by atoms with Gasteiger partial charge in [-0.05, 0) is 56.9 Å². The number of ether oxygens (including phenoxy) is 1. The lowest BCUT2D eigenvalue weighted by molar-refractivity contribution is -0.0440. The molecule has 0 saturated carbocycles. The Balaban J connectivity index is 1.53. The highest BCUT2D eigenvalue weighted by atomic mass is 16.5. The second-order valence-electron chi connectivity index (χ2n) is 8.06. The minimum Gasteiger partial charge on any atom is -0.378 e. The summed E-state index contributed by atoms with van der Waals surface area (Å²) >= 11 is 0. The third-order valence-electron chi connectivity index (χ3n) is 6.20. The summed E-state index contributed by atoms with van der Waals surface area (Å²) in [5.74, 6) is 0.357. The standard InChI is InChI=1S/C20H29N3O3/c21-14-7-9-26-18(10-14)13-4-3-8-23(12-13)20(25)16-11-19(24)22-17-6-2-1-5-15(16)17/h11,13-14,18H,1-10,12,21H2,(H,22,24). The van der Waals surface area contributed by atoms with Crippen LogP contribution in [-0.4, -0.2) is 47.6 Å². The van der Waals surface area contributed by atoms with E-state index in [9.17, 15) is 9.59 Å². The molecule has 6 heteroatoms. The molecule has 3 N–H and O–H groups in total. The monoisotopic (exact) mass is 359 g/mol. The number of hydrogen-bond acceptors (Lipinski definition) is 4. The fourth-order valence-electron chi connectivity index (χ4n) is 4.79. The number of likely N-dealkylation sites (tertiary alicyclic amines) is 1. The number of hydrogen-bond donors (Lipinski definition) is 2. The van der Waals surface area contributed by atoms with Gasteiger partial charge in [0, 0.05) is 49.0 Å². The molecular formula is C20H29N3O3. The average molecular weight is 359 g/mol. The van der Waals surface area contributed by atoms with E-state index in [0.29, 0.717) is 18.0 Å². The summed E-state index contributed by atoms with van der Waals surface area (Å²) in [6, 6.07) is 1.71. The molecule has 3 aliphatic rings. The van der Waals surface area contributed by atoms with Gasteiger partial charge >= 0.3 is 0 Å². The van der Waals surface area contributed by atoms with Crippen molar-refractivity contribution in [1.82, 2.24) is 9.88 Å². The van der Waals surface area contributed by atoms with Crippen LogP contribution in [0.15, 0.2) is 10.9 Å². The summed E-state index contributed by atoms with van der Waals surface area (Å²) in [5.41, 5.74) is 8.58. The Morgan fingerprint density at radius 1 is 1.23 bits per heavy atom. The number of carbonyl (C=O) groups is 1. The fraction of sp³-hybridized carbons (Fsp3) is 0.700. The lowest BCUT2D eigenvalue weighted by Gasteiger charge is -2.39. The van der Waals surface area contributed by atoms with Crippen LogP contribution in [0.5, 0.6) is 0 Å². The van der Waals surface area contributed by atoms with E-state index in [0.717, 1.165) is 75.8 Å². The molecule has 0 radical (unpaired) electrons. The van der Waals surface area contributed by atoms with Crippen LogP contribution in [0, 0.1) is 5.92 Å². The highest BCUT2D eigenvalue weighted by Crippen LogP contribution is 2.29. The molecule has 4 rings (SSSR count). The van der Waals surface area contributed by atoms with E-state index in [-0.39, 0.29) is 23.6 Å². The largest absolute Gasteiger partial charge is 0.378 e. The van der Waals surface area contributed by atoms with Crippen molar-refractivity contribution >= 4 is 5.91 Å². The molecule has 6 nitrogen and oxygen atoms in total. The van der Waals surface area contributed by atoms with Gasteiger partial charge in [-0.1, -0.05) is 0 Å². The highest BCUT2D eigenvalue weighted by Gasteiger charge is 2.34. The van der Waals surface area contributed by atoms with Gasteiger partial charge in [-0.3, -0.25) is 9.59 Å². The fourth-order valence-corrected chi connectivity index (χ4v) is 4.79.